The molecule has 1 heterocycles. The Kier molecular flexibility index (Phi) is 3.18. The van der Waals surface area contributed by atoms with Crippen molar-refractivity contribution < 1.29 is 4.74 Å². The quantitative estimate of drug-likeness (QED) is 0.835. The molecular formula is C17H25NO. The van der Waals surface area contributed by atoms with E-state index in [4.69, 9.17) is 4.74 Å². The monoisotopic (exact) mass is 259 g/mol. The molecule has 2 aliphatic rings. The standard InChI is InChI=1S/C17H25NO/c1-4-13-11-18-12-17(19-13)10-9-16(2,3)14-7-5-6-8-15(14)17/h5-8,13,18H,4,9-12H2,1-3H3. The first-order chi connectivity index (χ1) is 9.07. The van der Waals surface area contributed by atoms with Crippen LogP contribution in [0.15, 0.2) is 24.3 Å². The van der Waals surface area contributed by atoms with Crippen LogP contribution in [-0.2, 0) is 15.8 Å². The van der Waals surface area contributed by atoms with Gasteiger partial charge in [-0.1, -0.05) is 45.0 Å². The van der Waals surface area contributed by atoms with Crippen LogP contribution in [0.1, 0.15) is 51.2 Å². The molecular weight excluding hydrogens is 234 g/mol. The van der Waals surface area contributed by atoms with Crippen molar-refractivity contribution in [2.75, 3.05) is 13.1 Å². The molecule has 0 radical (unpaired) electrons. The summed E-state index contributed by atoms with van der Waals surface area (Å²) in [5.41, 5.74) is 3.06. The number of hydrogen-bond acceptors (Lipinski definition) is 2. The molecule has 2 unspecified atom stereocenters. The molecule has 0 aromatic heterocycles. The lowest BCUT2D eigenvalue weighted by Crippen LogP contribution is -2.54. The Morgan fingerprint density at radius 3 is 2.68 bits per heavy atom. The molecule has 1 aliphatic carbocycles. The minimum absolute atomic E-state index is 0.0922. The molecule has 2 heteroatoms. The first-order valence-electron chi connectivity index (χ1n) is 7.56. The van der Waals surface area contributed by atoms with E-state index in [0.29, 0.717) is 6.10 Å². The lowest BCUT2D eigenvalue weighted by molar-refractivity contribution is -0.135. The molecule has 2 atom stereocenters. The summed E-state index contributed by atoms with van der Waals surface area (Å²) in [5.74, 6) is 0. The third-order valence-electron chi connectivity index (χ3n) is 4.93. The lowest BCUT2D eigenvalue weighted by atomic mass is 9.66. The van der Waals surface area contributed by atoms with Gasteiger partial charge in [0.15, 0.2) is 0 Å². The highest BCUT2D eigenvalue weighted by atomic mass is 16.5. The van der Waals surface area contributed by atoms with Crippen LogP contribution < -0.4 is 5.32 Å². The van der Waals surface area contributed by atoms with Crippen molar-refractivity contribution in [3.63, 3.8) is 0 Å². The summed E-state index contributed by atoms with van der Waals surface area (Å²) in [6, 6.07) is 8.87. The van der Waals surface area contributed by atoms with Gasteiger partial charge in [0.05, 0.1) is 6.10 Å². The van der Waals surface area contributed by atoms with Gasteiger partial charge in [-0.25, -0.2) is 0 Å². The molecule has 0 amide bonds. The second-order valence-corrected chi connectivity index (χ2v) is 6.70. The fraction of sp³-hybridized carbons (Fsp3) is 0.647. The topological polar surface area (TPSA) is 21.3 Å². The molecule has 1 N–H and O–H groups in total. The molecule has 104 valence electrons. The predicted molar refractivity (Wildman–Crippen MR) is 78.4 cm³/mol. The van der Waals surface area contributed by atoms with Crippen molar-refractivity contribution in [3.8, 4) is 0 Å². The second-order valence-electron chi connectivity index (χ2n) is 6.70. The third kappa shape index (κ3) is 2.11. The molecule has 0 bridgehead atoms. The van der Waals surface area contributed by atoms with Crippen molar-refractivity contribution >= 4 is 0 Å². The Labute approximate surface area is 116 Å². The summed E-state index contributed by atoms with van der Waals surface area (Å²) in [7, 11) is 0. The SMILES string of the molecule is CCC1CNCC2(CCC(C)(C)c3ccccc32)O1. The average molecular weight is 259 g/mol. The van der Waals surface area contributed by atoms with Gasteiger partial charge in [-0.15, -0.1) is 0 Å². The Hall–Kier alpha value is -0.860. The van der Waals surface area contributed by atoms with E-state index in [2.05, 4.69) is 50.4 Å². The van der Waals surface area contributed by atoms with E-state index in [0.717, 1.165) is 25.9 Å². The summed E-state index contributed by atoms with van der Waals surface area (Å²) in [6.07, 6.45) is 3.76. The number of rotatable bonds is 1. The number of nitrogens with one attached hydrogen (secondary N) is 1. The summed E-state index contributed by atoms with van der Waals surface area (Å²) < 4.78 is 6.52. The number of benzene rings is 1. The molecule has 1 aromatic carbocycles. The molecule has 1 aliphatic heterocycles. The minimum Gasteiger partial charge on any atom is -0.364 e. The molecule has 2 nitrogen and oxygen atoms in total. The van der Waals surface area contributed by atoms with Crippen LogP contribution in [0.3, 0.4) is 0 Å². The van der Waals surface area contributed by atoms with Crippen LogP contribution in [0.25, 0.3) is 0 Å². The van der Waals surface area contributed by atoms with Crippen LogP contribution in [0.5, 0.6) is 0 Å². The van der Waals surface area contributed by atoms with E-state index < -0.39 is 0 Å². The van der Waals surface area contributed by atoms with Crippen molar-refractivity contribution in [3.05, 3.63) is 35.4 Å². The Balaban J connectivity index is 2.04. The fourth-order valence-electron chi connectivity index (χ4n) is 3.63. The van der Waals surface area contributed by atoms with Gasteiger partial charge in [0.2, 0.25) is 0 Å². The zero-order valence-corrected chi connectivity index (χ0v) is 12.3. The molecule has 1 saturated heterocycles. The van der Waals surface area contributed by atoms with Crippen LogP contribution in [0.4, 0.5) is 0 Å². The van der Waals surface area contributed by atoms with Gasteiger partial charge < -0.3 is 10.1 Å². The van der Waals surface area contributed by atoms with Crippen molar-refractivity contribution in [2.24, 2.45) is 0 Å². The highest BCUT2D eigenvalue weighted by molar-refractivity contribution is 5.41. The Morgan fingerprint density at radius 1 is 1.21 bits per heavy atom. The predicted octanol–water partition coefficient (Wildman–Crippen LogP) is 3.35. The van der Waals surface area contributed by atoms with Gasteiger partial charge in [0.25, 0.3) is 0 Å². The lowest BCUT2D eigenvalue weighted by Gasteiger charge is -2.49. The molecule has 0 saturated carbocycles. The van der Waals surface area contributed by atoms with Gasteiger partial charge in [-0.2, -0.15) is 0 Å². The maximum absolute atomic E-state index is 6.52. The van der Waals surface area contributed by atoms with Crippen molar-refractivity contribution in [2.45, 2.75) is 57.2 Å². The van der Waals surface area contributed by atoms with Crippen LogP contribution in [-0.4, -0.2) is 19.2 Å². The normalized spacial score (nSPS) is 33.1. The largest absolute Gasteiger partial charge is 0.364 e. The van der Waals surface area contributed by atoms with E-state index in [9.17, 15) is 0 Å². The zero-order valence-electron chi connectivity index (χ0n) is 12.3. The van der Waals surface area contributed by atoms with Crippen molar-refractivity contribution in [1.29, 1.82) is 0 Å². The maximum atomic E-state index is 6.52. The highest BCUT2D eigenvalue weighted by Gasteiger charge is 2.45. The highest BCUT2D eigenvalue weighted by Crippen LogP contribution is 2.47. The minimum atomic E-state index is -0.0922. The zero-order chi connectivity index (χ0) is 13.5. The Morgan fingerprint density at radius 2 is 1.95 bits per heavy atom. The molecule has 19 heavy (non-hydrogen) atoms. The van der Waals surface area contributed by atoms with Gasteiger partial charge in [-0.3, -0.25) is 0 Å². The van der Waals surface area contributed by atoms with E-state index in [1.54, 1.807) is 0 Å². The Bertz CT molecular complexity index is 468. The van der Waals surface area contributed by atoms with Gasteiger partial charge >= 0.3 is 0 Å². The van der Waals surface area contributed by atoms with Crippen LogP contribution >= 0.6 is 0 Å². The van der Waals surface area contributed by atoms with E-state index in [1.807, 2.05) is 0 Å². The van der Waals surface area contributed by atoms with Crippen LogP contribution in [0.2, 0.25) is 0 Å². The number of morpholine rings is 1. The van der Waals surface area contributed by atoms with Gasteiger partial charge in [-0.05, 0) is 35.8 Å². The van der Waals surface area contributed by atoms with E-state index >= 15 is 0 Å². The second kappa shape index (κ2) is 4.60. The summed E-state index contributed by atoms with van der Waals surface area (Å²) in [4.78, 5) is 0. The summed E-state index contributed by atoms with van der Waals surface area (Å²) in [5, 5.41) is 3.59. The third-order valence-corrected chi connectivity index (χ3v) is 4.93. The summed E-state index contributed by atoms with van der Waals surface area (Å²) in [6.45, 7) is 8.86. The molecule has 1 aromatic rings. The summed E-state index contributed by atoms with van der Waals surface area (Å²) >= 11 is 0. The maximum Gasteiger partial charge on any atom is 0.106 e. The molecule has 3 rings (SSSR count). The number of hydrogen-bond donors (Lipinski definition) is 1. The molecule has 1 spiro atoms. The van der Waals surface area contributed by atoms with E-state index in [1.165, 1.54) is 17.5 Å². The van der Waals surface area contributed by atoms with Crippen LogP contribution in [0, 0.1) is 0 Å². The smallest absolute Gasteiger partial charge is 0.106 e. The van der Waals surface area contributed by atoms with Crippen molar-refractivity contribution in [1.82, 2.24) is 5.32 Å². The van der Waals surface area contributed by atoms with Gasteiger partial charge in [0.1, 0.15) is 5.60 Å². The van der Waals surface area contributed by atoms with E-state index in [-0.39, 0.29) is 11.0 Å². The fourth-order valence-corrected chi connectivity index (χ4v) is 3.63. The average Bonchev–Trinajstić information content (AvgIpc) is 2.44. The van der Waals surface area contributed by atoms with Gasteiger partial charge in [0, 0.05) is 13.1 Å². The number of fused-ring (bicyclic) bond motifs is 2. The molecule has 1 fully saturated rings. The number of ether oxygens (including phenoxy) is 1. The first kappa shape index (κ1) is 13.1. The first-order valence-corrected chi connectivity index (χ1v) is 7.56.